The Balaban J connectivity index is 1.08. The van der Waals surface area contributed by atoms with Gasteiger partial charge in [0.25, 0.3) is 0 Å². The number of thiol groups is 1. The summed E-state index contributed by atoms with van der Waals surface area (Å²) in [4.78, 5) is 20.7. The molecule has 0 saturated heterocycles. The van der Waals surface area contributed by atoms with Gasteiger partial charge in [0.15, 0.2) is 23.2 Å². The third-order valence-electron chi connectivity index (χ3n) is 13.4. The first-order valence-electron chi connectivity index (χ1n) is 23.4. The van der Waals surface area contributed by atoms with Crippen LogP contribution in [-0.2, 0) is 0 Å². The highest BCUT2D eigenvalue weighted by Crippen LogP contribution is 2.45. The van der Waals surface area contributed by atoms with Crippen LogP contribution in [0.2, 0.25) is 0 Å². The monoisotopic (exact) mass is 941 g/mol. The minimum absolute atomic E-state index is 0.548. The van der Waals surface area contributed by atoms with E-state index in [0.717, 1.165) is 93.6 Å². The van der Waals surface area contributed by atoms with Crippen LogP contribution in [-0.4, -0.2) is 19.5 Å². The van der Waals surface area contributed by atoms with E-state index in [4.69, 9.17) is 34.2 Å². The van der Waals surface area contributed by atoms with Crippen molar-refractivity contribution in [3.05, 3.63) is 242 Å². The molecule has 7 heteroatoms. The van der Waals surface area contributed by atoms with Gasteiger partial charge in [0, 0.05) is 58.3 Å². The van der Waals surface area contributed by atoms with E-state index >= 15 is 0 Å². The molecule has 0 spiro atoms. The first kappa shape index (κ1) is 42.2. The number of hydrogen-bond donors (Lipinski definition) is 1. The smallest absolute Gasteiger partial charge is 0.188 e. The summed E-state index contributed by atoms with van der Waals surface area (Å²) in [6, 6.07) is 80.5. The molecule has 3 aromatic heterocycles. The van der Waals surface area contributed by atoms with Crippen molar-refractivity contribution in [1.82, 2.24) is 19.5 Å². The second kappa shape index (κ2) is 17.5. The van der Waals surface area contributed by atoms with Gasteiger partial charge in [-0.3, -0.25) is 0 Å². The largest absolute Gasteiger partial charge is 0.308 e. The van der Waals surface area contributed by atoms with Crippen LogP contribution in [0.3, 0.4) is 0 Å². The maximum atomic E-state index is 8.03. The molecule has 332 valence electrons. The fraction of sp³-hybridized carbons (Fsp3) is 0. The molecule has 13 aromatic rings. The maximum absolute atomic E-state index is 8.03. The Kier molecular flexibility index (Phi) is 10.4. The highest BCUT2D eigenvalue weighted by Gasteiger charge is 2.24. The third kappa shape index (κ3) is 7.54. The van der Waals surface area contributed by atoms with Crippen LogP contribution in [0.4, 0.5) is 5.69 Å². The average Bonchev–Trinajstić information content (AvgIpc) is 3.98. The van der Waals surface area contributed by atoms with E-state index < -0.39 is 0 Å². The molecule has 0 atom stereocenters. The topological polar surface area (TPSA) is 48.0 Å². The summed E-state index contributed by atoms with van der Waals surface area (Å²) in [7, 11) is 0. The van der Waals surface area contributed by atoms with E-state index in [1.807, 2.05) is 36.4 Å². The van der Waals surface area contributed by atoms with Crippen molar-refractivity contribution >= 4 is 71.6 Å². The molecule has 5 nitrogen and oxygen atoms in total. The number of thiophene rings is 1. The molecular formula is C64H39N5S2. The van der Waals surface area contributed by atoms with Crippen molar-refractivity contribution in [3.8, 4) is 84.4 Å². The van der Waals surface area contributed by atoms with Crippen LogP contribution in [0.25, 0.3) is 131 Å². The van der Waals surface area contributed by atoms with Crippen LogP contribution in [0.1, 0.15) is 0 Å². The number of hydrogen-bond acceptors (Lipinski definition) is 5. The van der Waals surface area contributed by atoms with E-state index in [1.165, 1.54) is 20.2 Å². The first-order chi connectivity index (χ1) is 35.0. The highest BCUT2D eigenvalue weighted by atomic mass is 32.1. The van der Waals surface area contributed by atoms with Crippen molar-refractivity contribution < 1.29 is 0 Å². The molecule has 0 aliphatic heterocycles. The van der Waals surface area contributed by atoms with Crippen molar-refractivity contribution in [3.63, 3.8) is 0 Å². The molecule has 0 bridgehead atoms. The molecule has 13 rings (SSSR count). The number of aromatic nitrogens is 4. The zero-order valence-electron chi connectivity index (χ0n) is 38.0. The molecule has 0 radical (unpaired) electrons. The summed E-state index contributed by atoms with van der Waals surface area (Å²) in [5.74, 6) is 1.68. The summed E-state index contributed by atoms with van der Waals surface area (Å²) < 4.78 is 4.80. The lowest BCUT2D eigenvalue weighted by atomic mass is 9.92. The molecular weight excluding hydrogens is 903 g/mol. The van der Waals surface area contributed by atoms with Gasteiger partial charge in [0.1, 0.15) is 0 Å². The molecule has 0 amide bonds. The van der Waals surface area contributed by atoms with Crippen LogP contribution in [0, 0.1) is 6.57 Å². The molecule has 0 fully saturated rings. The lowest BCUT2D eigenvalue weighted by molar-refractivity contribution is 1.07. The van der Waals surface area contributed by atoms with Gasteiger partial charge in [-0.05, 0) is 93.4 Å². The Morgan fingerprint density at radius 1 is 0.366 bits per heavy atom. The van der Waals surface area contributed by atoms with Gasteiger partial charge in [-0.15, -0.1) is 24.0 Å². The maximum Gasteiger partial charge on any atom is 0.188 e. The molecule has 3 heterocycles. The summed E-state index contributed by atoms with van der Waals surface area (Å²) >= 11 is 6.81. The minimum Gasteiger partial charge on any atom is -0.308 e. The van der Waals surface area contributed by atoms with Crippen molar-refractivity contribution in [2.75, 3.05) is 0 Å². The van der Waals surface area contributed by atoms with Gasteiger partial charge >= 0.3 is 0 Å². The van der Waals surface area contributed by atoms with Crippen LogP contribution >= 0.6 is 24.0 Å². The number of benzene rings is 10. The van der Waals surface area contributed by atoms with Crippen LogP contribution in [0.15, 0.2) is 235 Å². The van der Waals surface area contributed by atoms with E-state index in [-0.39, 0.29) is 0 Å². The molecule has 0 saturated carbocycles. The SMILES string of the molecule is [C-]#[N+]c1ccc2c(c1)c1cc(-c3ccccc3)ccc1n2-c1c(-c2ccccc2)cc(-c2nc(-c3ccc(-c4ccccc4)c(S)c3)nc(-c3ccc4c(c3)sc3ccccc34)n2)cc1-c1ccccc1. The summed E-state index contributed by atoms with van der Waals surface area (Å²) in [6.07, 6.45) is 0. The molecule has 71 heavy (non-hydrogen) atoms. The minimum atomic E-state index is 0.548. The summed E-state index contributed by atoms with van der Waals surface area (Å²) in [6.45, 7) is 8.03. The zero-order valence-corrected chi connectivity index (χ0v) is 39.7. The van der Waals surface area contributed by atoms with Gasteiger partial charge in [0.2, 0.25) is 0 Å². The molecule has 0 unspecified atom stereocenters. The fourth-order valence-corrected chi connectivity index (χ4v) is 11.5. The number of fused-ring (bicyclic) bond motifs is 6. The normalized spacial score (nSPS) is 11.4. The number of nitrogens with zero attached hydrogens (tertiary/aromatic N) is 5. The van der Waals surface area contributed by atoms with E-state index in [9.17, 15) is 0 Å². The second-order valence-corrected chi connectivity index (χ2v) is 19.2. The lowest BCUT2D eigenvalue weighted by Gasteiger charge is -2.21. The predicted molar refractivity (Wildman–Crippen MR) is 299 cm³/mol. The Labute approximate surface area is 419 Å². The van der Waals surface area contributed by atoms with Crippen molar-refractivity contribution in [1.29, 1.82) is 0 Å². The fourth-order valence-electron chi connectivity index (χ4n) is 9.97. The van der Waals surface area contributed by atoms with Crippen molar-refractivity contribution in [2.24, 2.45) is 0 Å². The lowest BCUT2D eigenvalue weighted by Crippen LogP contribution is -2.04. The van der Waals surface area contributed by atoms with Gasteiger partial charge in [-0.25, -0.2) is 19.8 Å². The zero-order chi connectivity index (χ0) is 47.4. The third-order valence-corrected chi connectivity index (χ3v) is 14.9. The second-order valence-electron chi connectivity index (χ2n) is 17.6. The Hall–Kier alpha value is -8.93. The average molecular weight is 942 g/mol. The summed E-state index contributed by atoms with van der Waals surface area (Å²) in [5, 5.41) is 4.53. The van der Waals surface area contributed by atoms with Crippen LogP contribution < -0.4 is 0 Å². The molecule has 0 aliphatic rings. The van der Waals surface area contributed by atoms with E-state index in [2.05, 4.69) is 204 Å². The predicted octanol–water partition coefficient (Wildman–Crippen LogP) is 17.8. The van der Waals surface area contributed by atoms with Crippen molar-refractivity contribution in [2.45, 2.75) is 4.90 Å². The highest BCUT2D eigenvalue weighted by molar-refractivity contribution is 7.80. The van der Waals surface area contributed by atoms with Gasteiger partial charge in [-0.1, -0.05) is 176 Å². The molecule has 0 aliphatic carbocycles. The molecule has 10 aromatic carbocycles. The summed E-state index contributed by atoms with van der Waals surface area (Å²) in [5.41, 5.74) is 14.7. The Morgan fingerprint density at radius 2 is 0.859 bits per heavy atom. The Morgan fingerprint density at radius 3 is 1.48 bits per heavy atom. The van der Waals surface area contributed by atoms with E-state index in [1.54, 1.807) is 11.3 Å². The van der Waals surface area contributed by atoms with Crippen LogP contribution in [0.5, 0.6) is 0 Å². The van der Waals surface area contributed by atoms with Gasteiger partial charge < -0.3 is 4.57 Å². The molecule has 0 N–H and O–H groups in total. The van der Waals surface area contributed by atoms with Gasteiger partial charge in [0.05, 0.1) is 23.3 Å². The van der Waals surface area contributed by atoms with Gasteiger partial charge in [-0.2, -0.15) is 0 Å². The Bertz CT molecular complexity index is 4170. The van der Waals surface area contributed by atoms with E-state index in [0.29, 0.717) is 23.2 Å². The quantitative estimate of drug-likeness (QED) is 0.122. The number of rotatable bonds is 8. The standard InChI is InChI=1S/C64H39N5S2/c1-65-48-29-33-57-55(39-48)54-34-44(40-16-6-2-7-17-40)28-32-56(54)69(57)61-52(42-20-10-4-11-21-42)35-47(36-53(61)43-22-12-5-13-23-43)64-67-62(45-26-30-49(58(70)37-45)41-18-8-3-9-19-41)66-63(68-64)46-27-31-51-50-24-14-15-25-59(50)71-60(51)38-46/h2-39,70H. The first-order valence-corrected chi connectivity index (χ1v) is 24.7.